The highest BCUT2D eigenvalue weighted by atomic mass is 16.4. The van der Waals surface area contributed by atoms with Gasteiger partial charge in [0.1, 0.15) is 6.54 Å². The number of aliphatic carboxylic acids is 1. The van der Waals surface area contributed by atoms with Crippen LogP contribution < -0.4 is 10.7 Å². The first-order valence-electron chi connectivity index (χ1n) is 9.07. The zero-order valence-electron chi connectivity index (χ0n) is 14.7. The predicted molar refractivity (Wildman–Crippen MR) is 103 cm³/mol. The normalized spacial score (nSPS) is 19.4. The van der Waals surface area contributed by atoms with E-state index in [4.69, 9.17) is 5.11 Å². The number of nitrogens with zero attached hydrogens (tertiary/aromatic N) is 1. The Morgan fingerprint density at radius 3 is 2.15 bits per heavy atom. The van der Waals surface area contributed by atoms with Crippen LogP contribution >= 0.6 is 0 Å². The van der Waals surface area contributed by atoms with Gasteiger partial charge in [0.15, 0.2) is 5.43 Å². The van der Waals surface area contributed by atoms with E-state index >= 15 is 0 Å². The summed E-state index contributed by atoms with van der Waals surface area (Å²) in [6, 6.07) is 14.4. The molecule has 1 saturated carbocycles. The van der Waals surface area contributed by atoms with Gasteiger partial charge in [-0.2, -0.15) is 0 Å². The molecule has 0 bridgehead atoms. The van der Waals surface area contributed by atoms with Crippen molar-refractivity contribution in [1.82, 2.24) is 9.88 Å². The molecule has 1 amide bonds. The fourth-order valence-corrected chi connectivity index (χ4v) is 4.00. The first-order valence-corrected chi connectivity index (χ1v) is 9.07. The highest BCUT2D eigenvalue weighted by Crippen LogP contribution is 2.26. The van der Waals surface area contributed by atoms with E-state index in [0.29, 0.717) is 41.1 Å². The third kappa shape index (κ3) is 3.18. The van der Waals surface area contributed by atoms with Gasteiger partial charge in [-0.05, 0) is 43.5 Å². The number of aromatic nitrogens is 1. The molecule has 2 atom stereocenters. The molecule has 0 saturated heterocycles. The third-order valence-corrected chi connectivity index (χ3v) is 5.33. The standard InChI is InChI=1S/C21H20N2O4/c24-19(22-14-10-9-13(11-14)21(26)27)12-23-17-7-3-1-5-15(17)20(25)16-6-2-4-8-18(16)23/h1-8,13-14H,9-12H2,(H,22,24)(H,26,27)/t13-,14+/m0/s1. The zero-order valence-corrected chi connectivity index (χ0v) is 14.7. The summed E-state index contributed by atoms with van der Waals surface area (Å²) in [5, 5.41) is 13.2. The molecule has 1 aliphatic rings. The van der Waals surface area contributed by atoms with Crippen molar-refractivity contribution in [1.29, 1.82) is 0 Å². The van der Waals surface area contributed by atoms with Crippen LogP contribution in [0.3, 0.4) is 0 Å². The summed E-state index contributed by atoms with van der Waals surface area (Å²) in [6.45, 7) is 0.0789. The molecule has 138 valence electrons. The number of fused-ring (bicyclic) bond motifs is 2. The summed E-state index contributed by atoms with van der Waals surface area (Å²) in [6.07, 6.45) is 1.73. The molecule has 27 heavy (non-hydrogen) atoms. The maximum absolute atomic E-state index is 12.7. The minimum Gasteiger partial charge on any atom is -0.481 e. The molecule has 0 unspecified atom stereocenters. The van der Waals surface area contributed by atoms with Crippen molar-refractivity contribution in [2.45, 2.75) is 31.8 Å². The van der Waals surface area contributed by atoms with E-state index in [1.807, 2.05) is 41.0 Å². The molecule has 2 N–H and O–H groups in total. The smallest absolute Gasteiger partial charge is 0.306 e. The van der Waals surface area contributed by atoms with Crippen molar-refractivity contribution in [3.05, 3.63) is 58.8 Å². The van der Waals surface area contributed by atoms with Gasteiger partial charge in [-0.25, -0.2) is 0 Å². The molecule has 2 aromatic carbocycles. The molecule has 6 nitrogen and oxygen atoms in total. The number of carbonyl (C=O) groups is 2. The van der Waals surface area contributed by atoms with Crippen molar-refractivity contribution in [2.75, 3.05) is 0 Å². The van der Waals surface area contributed by atoms with Crippen LogP contribution in [-0.2, 0) is 16.1 Å². The molecule has 0 radical (unpaired) electrons. The molecule has 4 rings (SSSR count). The monoisotopic (exact) mass is 364 g/mol. The highest BCUT2D eigenvalue weighted by molar-refractivity contribution is 5.94. The van der Waals surface area contributed by atoms with Gasteiger partial charge in [0.2, 0.25) is 5.91 Å². The molecule has 1 aromatic heterocycles. The number of benzene rings is 2. The minimum atomic E-state index is -0.802. The van der Waals surface area contributed by atoms with Gasteiger partial charge >= 0.3 is 5.97 Å². The highest BCUT2D eigenvalue weighted by Gasteiger charge is 2.30. The second kappa shape index (κ2) is 6.87. The molecular weight excluding hydrogens is 344 g/mol. The van der Waals surface area contributed by atoms with Crippen molar-refractivity contribution in [3.8, 4) is 0 Å². The lowest BCUT2D eigenvalue weighted by Crippen LogP contribution is -2.36. The van der Waals surface area contributed by atoms with Crippen LogP contribution in [0.2, 0.25) is 0 Å². The van der Waals surface area contributed by atoms with Crippen LogP contribution in [0.25, 0.3) is 21.8 Å². The van der Waals surface area contributed by atoms with E-state index in [0.717, 1.165) is 0 Å². The van der Waals surface area contributed by atoms with E-state index < -0.39 is 5.97 Å². The van der Waals surface area contributed by atoms with Crippen molar-refractivity contribution in [2.24, 2.45) is 5.92 Å². The number of carboxylic acid groups (broad SMARTS) is 1. The van der Waals surface area contributed by atoms with E-state index in [2.05, 4.69) is 5.32 Å². The van der Waals surface area contributed by atoms with Crippen molar-refractivity contribution < 1.29 is 14.7 Å². The first kappa shape index (κ1) is 17.3. The number of para-hydroxylation sites is 2. The molecule has 1 fully saturated rings. The summed E-state index contributed by atoms with van der Waals surface area (Å²) >= 11 is 0. The maximum atomic E-state index is 12.7. The van der Waals surface area contributed by atoms with Gasteiger partial charge in [-0.15, -0.1) is 0 Å². The summed E-state index contributed by atoms with van der Waals surface area (Å²) in [5.74, 6) is -1.36. The van der Waals surface area contributed by atoms with E-state index in [-0.39, 0.29) is 29.8 Å². The maximum Gasteiger partial charge on any atom is 0.306 e. The molecule has 1 aliphatic carbocycles. The van der Waals surface area contributed by atoms with Crippen molar-refractivity contribution in [3.63, 3.8) is 0 Å². The van der Waals surface area contributed by atoms with Crippen LogP contribution in [-0.4, -0.2) is 27.6 Å². The van der Waals surface area contributed by atoms with Gasteiger partial charge in [0, 0.05) is 16.8 Å². The SMILES string of the molecule is O=C(Cn1c2ccccc2c(=O)c2ccccc21)N[C@@H]1CC[C@H](C(=O)O)C1. The van der Waals surface area contributed by atoms with E-state index in [9.17, 15) is 14.4 Å². The van der Waals surface area contributed by atoms with Gasteiger partial charge < -0.3 is 15.0 Å². The van der Waals surface area contributed by atoms with Gasteiger partial charge in [0.05, 0.1) is 17.0 Å². The largest absolute Gasteiger partial charge is 0.481 e. The van der Waals surface area contributed by atoms with Gasteiger partial charge in [0.25, 0.3) is 0 Å². The lowest BCUT2D eigenvalue weighted by Gasteiger charge is -2.17. The summed E-state index contributed by atoms with van der Waals surface area (Å²) in [7, 11) is 0. The van der Waals surface area contributed by atoms with Crippen LogP contribution in [0.15, 0.2) is 53.3 Å². The van der Waals surface area contributed by atoms with Crippen LogP contribution in [0.1, 0.15) is 19.3 Å². The Morgan fingerprint density at radius 2 is 1.59 bits per heavy atom. The van der Waals surface area contributed by atoms with E-state index in [1.165, 1.54) is 0 Å². The second-order valence-corrected chi connectivity index (χ2v) is 7.06. The van der Waals surface area contributed by atoms with Crippen LogP contribution in [0, 0.1) is 5.92 Å². The van der Waals surface area contributed by atoms with Gasteiger partial charge in [-0.3, -0.25) is 14.4 Å². The molecule has 3 aromatic rings. The van der Waals surface area contributed by atoms with Crippen molar-refractivity contribution >= 4 is 33.7 Å². The number of carboxylic acids is 1. The Bertz CT molecular complexity index is 1040. The Balaban J connectivity index is 1.67. The Morgan fingerprint density at radius 1 is 1.00 bits per heavy atom. The predicted octanol–water partition coefficient (Wildman–Crippen LogP) is 2.52. The number of hydrogen-bond acceptors (Lipinski definition) is 3. The summed E-state index contributed by atoms with van der Waals surface area (Å²) < 4.78 is 1.85. The average Bonchev–Trinajstić information content (AvgIpc) is 3.14. The number of rotatable bonds is 4. The number of pyridine rings is 1. The third-order valence-electron chi connectivity index (χ3n) is 5.33. The summed E-state index contributed by atoms with van der Waals surface area (Å²) in [4.78, 5) is 36.5. The van der Waals surface area contributed by atoms with Gasteiger partial charge in [-0.1, -0.05) is 24.3 Å². The molecule has 6 heteroatoms. The number of amides is 1. The average molecular weight is 364 g/mol. The topological polar surface area (TPSA) is 88.4 Å². The Kier molecular flexibility index (Phi) is 4.39. The first-order chi connectivity index (χ1) is 13.0. The zero-order chi connectivity index (χ0) is 19.0. The summed E-state index contributed by atoms with van der Waals surface area (Å²) in [5.41, 5.74) is 1.38. The van der Waals surface area contributed by atoms with Crippen LogP contribution in [0.4, 0.5) is 0 Å². The fourth-order valence-electron chi connectivity index (χ4n) is 4.00. The minimum absolute atomic E-state index is 0.0436. The lowest BCUT2D eigenvalue weighted by molar-refractivity contribution is -0.141. The number of nitrogens with one attached hydrogen (secondary N) is 1. The molecule has 0 aliphatic heterocycles. The Labute approximate surface area is 155 Å². The fraction of sp³-hybridized carbons (Fsp3) is 0.286. The molecule has 1 heterocycles. The molecule has 0 spiro atoms. The van der Waals surface area contributed by atoms with Crippen LogP contribution in [0.5, 0.6) is 0 Å². The second-order valence-electron chi connectivity index (χ2n) is 7.06. The quantitative estimate of drug-likeness (QED) is 0.696. The molecular formula is C21H20N2O4. The Hall–Kier alpha value is -3.15. The lowest BCUT2D eigenvalue weighted by atomic mass is 10.1. The number of carbonyl (C=O) groups excluding carboxylic acids is 1. The number of hydrogen-bond donors (Lipinski definition) is 2. The van der Waals surface area contributed by atoms with E-state index in [1.54, 1.807) is 12.1 Å².